The number of benzene rings is 5. The average molecular weight is 624 g/mol. The first-order valence-electron chi connectivity index (χ1n) is 17.2. The zero-order valence-corrected chi connectivity index (χ0v) is 28.1. The molecule has 0 aliphatic heterocycles. The van der Waals surface area contributed by atoms with Crippen LogP contribution in [0.3, 0.4) is 0 Å². The van der Waals surface area contributed by atoms with Gasteiger partial charge in [-0.25, -0.2) is 4.98 Å². The summed E-state index contributed by atoms with van der Waals surface area (Å²) in [6, 6.07) is 45.8. The van der Waals surface area contributed by atoms with Gasteiger partial charge in [0.05, 0.1) is 11.7 Å². The fraction of sp³-hybridized carbons (Fsp3) is 0.178. The minimum absolute atomic E-state index is 0.00328. The van der Waals surface area contributed by atoms with Crippen LogP contribution in [0.2, 0.25) is 0 Å². The number of aromatic nitrogens is 1. The lowest BCUT2D eigenvalue weighted by Crippen LogP contribution is -2.35. The maximum absolute atomic E-state index is 4.91. The molecule has 3 nitrogen and oxygen atoms in total. The summed E-state index contributed by atoms with van der Waals surface area (Å²) in [7, 11) is 0. The monoisotopic (exact) mass is 623 g/mol. The Kier molecular flexibility index (Phi) is 7.69. The van der Waals surface area contributed by atoms with Gasteiger partial charge in [0.25, 0.3) is 0 Å². The SMILES string of the molecule is CC(C)C1=CC(N(c2ccccc2)c2ccccn2)C2=CCc3c(C(C)C)cc(N(c4ccccc4)c4ccccc4)c4ccc1c2c34. The summed E-state index contributed by atoms with van der Waals surface area (Å²) in [4.78, 5) is 9.78. The molecule has 0 N–H and O–H groups in total. The normalized spacial score (nSPS) is 15.0. The van der Waals surface area contributed by atoms with Crippen LogP contribution in [0.4, 0.5) is 28.6 Å². The summed E-state index contributed by atoms with van der Waals surface area (Å²) < 4.78 is 0. The number of nitrogens with zero attached hydrogens (tertiary/aromatic N) is 3. The minimum atomic E-state index is -0.00328. The van der Waals surface area contributed by atoms with Gasteiger partial charge in [-0.1, -0.05) is 113 Å². The van der Waals surface area contributed by atoms with Crippen molar-refractivity contribution in [3.63, 3.8) is 0 Å². The maximum atomic E-state index is 4.91. The van der Waals surface area contributed by atoms with E-state index in [-0.39, 0.29) is 6.04 Å². The summed E-state index contributed by atoms with van der Waals surface area (Å²) in [5.74, 6) is 1.68. The number of anilines is 5. The molecule has 5 aromatic carbocycles. The highest BCUT2D eigenvalue weighted by atomic mass is 15.2. The van der Waals surface area contributed by atoms with E-state index in [2.05, 4.69) is 171 Å². The quantitative estimate of drug-likeness (QED) is 0.168. The van der Waals surface area contributed by atoms with Gasteiger partial charge in [0.2, 0.25) is 0 Å². The van der Waals surface area contributed by atoms with Crippen LogP contribution in [0.15, 0.2) is 146 Å². The Bertz CT molecular complexity index is 2070. The summed E-state index contributed by atoms with van der Waals surface area (Å²) in [5, 5.41) is 2.69. The van der Waals surface area contributed by atoms with Crippen LogP contribution in [0, 0.1) is 5.92 Å². The molecule has 1 heterocycles. The number of hydrogen-bond acceptors (Lipinski definition) is 3. The van der Waals surface area contributed by atoms with Crippen LogP contribution in [0.25, 0.3) is 21.9 Å². The van der Waals surface area contributed by atoms with E-state index in [1.54, 1.807) is 0 Å². The molecular formula is C45H41N3. The summed E-state index contributed by atoms with van der Waals surface area (Å²) in [6.45, 7) is 9.33. The number of rotatable bonds is 8. The minimum Gasteiger partial charge on any atom is -0.315 e. The molecule has 3 heteroatoms. The topological polar surface area (TPSA) is 19.4 Å². The van der Waals surface area contributed by atoms with Crippen LogP contribution >= 0.6 is 0 Å². The molecule has 0 amide bonds. The lowest BCUT2D eigenvalue weighted by molar-refractivity contribution is 0.829. The second-order valence-electron chi connectivity index (χ2n) is 13.5. The van der Waals surface area contributed by atoms with Gasteiger partial charge in [0.1, 0.15) is 5.82 Å². The third-order valence-corrected chi connectivity index (χ3v) is 9.93. The first-order valence-corrected chi connectivity index (χ1v) is 17.2. The van der Waals surface area contributed by atoms with Gasteiger partial charge in [-0.2, -0.15) is 0 Å². The van der Waals surface area contributed by atoms with Crippen molar-refractivity contribution < 1.29 is 0 Å². The fourth-order valence-corrected chi connectivity index (χ4v) is 7.80. The van der Waals surface area contributed by atoms with Gasteiger partial charge < -0.3 is 9.80 Å². The molecule has 0 spiro atoms. The Labute approximate surface area is 284 Å². The van der Waals surface area contributed by atoms with Crippen LogP contribution in [0.1, 0.15) is 55.9 Å². The molecule has 0 fully saturated rings. The van der Waals surface area contributed by atoms with Crippen molar-refractivity contribution in [1.29, 1.82) is 0 Å². The van der Waals surface area contributed by atoms with Gasteiger partial charge in [0.15, 0.2) is 0 Å². The van der Waals surface area contributed by atoms with Crippen LogP contribution in [-0.4, -0.2) is 11.0 Å². The lowest BCUT2D eigenvalue weighted by Gasteiger charge is -2.40. The first kappa shape index (κ1) is 30.0. The van der Waals surface area contributed by atoms with Crippen molar-refractivity contribution in [3.8, 4) is 0 Å². The van der Waals surface area contributed by atoms with E-state index >= 15 is 0 Å². The van der Waals surface area contributed by atoms with Crippen molar-refractivity contribution in [2.45, 2.75) is 46.1 Å². The van der Waals surface area contributed by atoms with E-state index in [0.29, 0.717) is 11.8 Å². The Balaban J connectivity index is 1.43. The highest BCUT2D eigenvalue weighted by Crippen LogP contribution is 2.52. The molecule has 1 unspecified atom stereocenters. The molecule has 48 heavy (non-hydrogen) atoms. The highest BCUT2D eigenvalue weighted by molar-refractivity contribution is 6.12. The molecule has 0 radical (unpaired) electrons. The second kappa shape index (κ2) is 12.3. The predicted octanol–water partition coefficient (Wildman–Crippen LogP) is 12.0. The van der Waals surface area contributed by atoms with Crippen molar-refractivity contribution in [3.05, 3.63) is 168 Å². The number of pyridine rings is 1. The smallest absolute Gasteiger partial charge is 0.133 e. The van der Waals surface area contributed by atoms with Crippen LogP contribution in [0.5, 0.6) is 0 Å². The zero-order chi connectivity index (χ0) is 32.8. The van der Waals surface area contributed by atoms with E-state index < -0.39 is 0 Å². The number of allylic oxidation sites excluding steroid dienone is 2. The molecule has 8 rings (SSSR count). The molecule has 2 aliphatic rings. The number of hydrogen-bond donors (Lipinski definition) is 0. The van der Waals surface area contributed by atoms with Crippen molar-refractivity contribution >= 4 is 50.5 Å². The summed E-state index contributed by atoms with van der Waals surface area (Å²) in [5.41, 5.74) is 13.0. The van der Waals surface area contributed by atoms with E-state index in [0.717, 1.165) is 29.3 Å². The largest absolute Gasteiger partial charge is 0.315 e. The predicted molar refractivity (Wildman–Crippen MR) is 204 cm³/mol. The standard InChI is InChI=1S/C45H41N3/c1-30(2)39-28-41(47(32-16-8-5-9-17-32)33-18-10-6-11-19-33)37-25-23-36-40(31(3)4)29-42(38-26-24-35(39)44(37)45(36)38)48(34-20-12-7-13-21-34)43-22-14-15-27-46-43/h5-23,25-31,42H,24H2,1-4H3. The van der Waals surface area contributed by atoms with Crippen molar-refractivity contribution in [2.75, 3.05) is 9.80 Å². The third kappa shape index (κ3) is 5.02. The van der Waals surface area contributed by atoms with Crippen LogP contribution in [-0.2, 0) is 6.42 Å². The molecule has 0 bridgehead atoms. The highest BCUT2D eigenvalue weighted by Gasteiger charge is 2.36. The first-order chi connectivity index (χ1) is 23.5. The number of para-hydroxylation sites is 3. The van der Waals surface area contributed by atoms with E-state index in [9.17, 15) is 0 Å². The molecule has 2 aliphatic carbocycles. The molecule has 6 aromatic rings. The van der Waals surface area contributed by atoms with E-state index in [4.69, 9.17) is 4.98 Å². The molecule has 0 saturated carbocycles. The lowest BCUT2D eigenvalue weighted by atomic mass is 9.72. The summed E-state index contributed by atoms with van der Waals surface area (Å²) in [6.07, 6.45) is 7.82. The van der Waals surface area contributed by atoms with E-state index in [1.807, 2.05) is 12.3 Å². The molecule has 0 saturated heterocycles. The van der Waals surface area contributed by atoms with Gasteiger partial charge in [-0.05, 0) is 112 Å². The van der Waals surface area contributed by atoms with E-state index in [1.165, 1.54) is 49.9 Å². The Morgan fingerprint density at radius 1 is 0.667 bits per heavy atom. The van der Waals surface area contributed by atoms with Crippen molar-refractivity contribution in [1.82, 2.24) is 4.98 Å². The average Bonchev–Trinajstić information content (AvgIpc) is 3.13. The van der Waals surface area contributed by atoms with Gasteiger partial charge in [-0.3, -0.25) is 0 Å². The molecule has 1 aromatic heterocycles. The van der Waals surface area contributed by atoms with Gasteiger partial charge in [-0.15, -0.1) is 0 Å². The Morgan fingerprint density at radius 3 is 1.88 bits per heavy atom. The van der Waals surface area contributed by atoms with Gasteiger partial charge >= 0.3 is 0 Å². The summed E-state index contributed by atoms with van der Waals surface area (Å²) >= 11 is 0. The fourth-order valence-electron chi connectivity index (χ4n) is 7.80. The zero-order valence-electron chi connectivity index (χ0n) is 28.1. The molecular weight excluding hydrogens is 583 g/mol. The Hall–Kier alpha value is -5.41. The van der Waals surface area contributed by atoms with Crippen LogP contribution < -0.4 is 9.80 Å². The maximum Gasteiger partial charge on any atom is 0.133 e. The second-order valence-corrected chi connectivity index (χ2v) is 13.5. The molecule has 1 atom stereocenters. The molecule has 236 valence electrons. The Morgan fingerprint density at radius 2 is 1.29 bits per heavy atom. The third-order valence-electron chi connectivity index (χ3n) is 9.93. The van der Waals surface area contributed by atoms with Gasteiger partial charge in [0, 0.05) is 28.6 Å². The van der Waals surface area contributed by atoms with Crippen molar-refractivity contribution in [2.24, 2.45) is 5.92 Å².